The van der Waals surface area contributed by atoms with Crippen LogP contribution in [0.15, 0.2) is 65.0 Å². The number of nitro groups is 1. The number of fused-ring (bicyclic) bond motifs is 1. The first kappa shape index (κ1) is 21.2. The fourth-order valence-corrected chi connectivity index (χ4v) is 3.93. The normalized spacial score (nSPS) is 15.0. The Balaban J connectivity index is 2.03. The average molecular weight is 450 g/mol. The van der Waals surface area contributed by atoms with Gasteiger partial charge in [0.15, 0.2) is 4.77 Å². The number of aromatic amines is 2. The Morgan fingerprint density at radius 1 is 1.12 bits per heavy atom. The SMILES string of the molecule is CCOC(=O)C1=C(c2ccc([N+](=O)[O-])cc2)Nc2[nH]c(=S)[nH]c(=O)c2[C@@H]1c1ccccc1. The van der Waals surface area contributed by atoms with E-state index in [0.29, 0.717) is 28.2 Å². The molecule has 1 aliphatic heterocycles. The van der Waals surface area contributed by atoms with Crippen molar-refractivity contribution in [2.45, 2.75) is 12.8 Å². The predicted molar refractivity (Wildman–Crippen MR) is 121 cm³/mol. The molecule has 0 amide bonds. The number of hydrogen-bond donors (Lipinski definition) is 3. The van der Waals surface area contributed by atoms with Crippen LogP contribution in [-0.4, -0.2) is 27.5 Å². The highest BCUT2D eigenvalue weighted by atomic mass is 32.1. The highest BCUT2D eigenvalue weighted by Gasteiger charge is 2.37. The number of esters is 1. The molecule has 0 bridgehead atoms. The van der Waals surface area contributed by atoms with E-state index in [1.807, 2.05) is 30.3 Å². The Labute approximate surface area is 186 Å². The highest BCUT2D eigenvalue weighted by molar-refractivity contribution is 7.71. The summed E-state index contributed by atoms with van der Waals surface area (Å²) in [5.41, 5.74) is 1.58. The molecule has 0 saturated carbocycles. The number of carbonyl (C=O) groups excluding carboxylic acids is 1. The molecule has 32 heavy (non-hydrogen) atoms. The molecule has 162 valence electrons. The lowest BCUT2D eigenvalue weighted by atomic mass is 9.81. The second-order valence-electron chi connectivity index (χ2n) is 6.98. The van der Waals surface area contributed by atoms with E-state index in [4.69, 9.17) is 17.0 Å². The van der Waals surface area contributed by atoms with Gasteiger partial charge in [-0.15, -0.1) is 0 Å². The molecule has 0 saturated heterocycles. The molecule has 1 aliphatic rings. The topological polar surface area (TPSA) is 130 Å². The van der Waals surface area contributed by atoms with E-state index in [1.165, 1.54) is 24.3 Å². The van der Waals surface area contributed by atoms with Crippen molar-refractivity contribution in [3.63, 3.8) is 0 Å². The van der Waals surface area contributed by atoms with Gasteiger partial charge in [-0.05, 0) is 42.4 Å². The van der Waals surface area contributed by atoms with Gasteiger partial charge in [0.2, 0.25) is 0 Å². The zero-order valence-corrected chi connectivity index (χ0v) is 17.7. The average Bonchev–Trinajstić information content (AvgIpc) is 2.78. The number of nitrogens with zero attached hydrogens (tertiary/aromatic N) is 1. The van der Waals surface area contributed by atoms with E-state index in [-0.39, 0.29) is 22.6 Å². The smallest absolute Gasteiger partial charge is 0.337 e. The van der Waals surface area contributed by atoms with Gasteiger partial charge in [-0.3, -0.25) is 19.9 Å². The minimum Gasteiger partial charge on any atom is -0.463 e. The molecule has 3 N–H and O–H groups in total. The number of rotatable bonds is 5. The summed E-state index contributed by atoms with van der Waals surface area (Å²) >= 11 is 5.13. The third kappa shape index (κ3) is 3.83. The van der Waals surface area contributed by atoms with Crippen LogP contribution in [0.5, 0.6) is 0 Å². The summed E-state index contributed by atoms with van der Waals surface area (Å²) in [6.45, 7) is 1.83. The molecular formula is C22H18N4O5S. The lowest BCUT2D eigenvalue weighted by molar-refractivity contribution is -0.384. The summed E-state index contributed by atoms with van der Waals surface area (Å²) < 4.78 is 5.46. The second-order valence-corrected chi connectivity index (χ2v) is 7.39. The van der Waals surface area contributed by atoms with Gasteiger partial charge in [0.25, 0.3) is 11.2 Å². The van der Waals surface area contributed by atoms with Gasteiger partial charge in [-0.25, -0.2) is 4.79 Å². The van der Waals surface area contributed by atoms with Crippen LogP contribution in [0, 0.1) is 14.9 Å². The van der Waals surface area contributed by atoms with Gasteiger partial charge >= 0.3 is 5.97 Å². The molecule has 3 aromatic rings. The Kier molecular flexibility index (Phi) is 5.69. The number of anilines is 1. The van der Waals surface area contributed by atoms with Gasteiger partial charge in [-0.1, -0.05) is 30.3 Å². The van der Waals surface area contributed by atoms with Gasteiger partial charge in [0.05, 0.1) is 34.3 Å². The van der Waals surface area contributed by atoms with Crippen LogP contribution < -0.4 is 10.9 Å². The summed E-state index contributed by atoms with van der Waals surface area (Å²) in [7, 11) is 0. The number of nitrogens with one attached hydrogen (secondary N) is 3. The Morgan fingerprint density at radius 3 is 2.44 bits per heavy atom. The molecule has 0 radical (unpaired) electrons. The van der Waals surface area contributed by atoms with Gasteiger partial charge < -0.3 is 15.0 Å². The van der Waals surface area contributed by atoms with Crippen molar-refractivity contribution in [2.24, 2.45) is 0 Å². The second kappa shape index (κ2) is 8.60. The maximum atomic E-state index is 13.2. The van der Waals surface area contributed by atoms with E-state index in [0.717, 1.165) is 0 Å². The Morgan fingerprint density at radius 2 is 1.81 bits per heavy atom. The monoisotopic (exact) mass is 450 g/mol. The van der Waals surface area contributed by atoms with Crippen LogP contribution in [0.25, 0.3) is 5.70 Å². The van der Waals surface area contributed by atoms with Crippen molar-refractivity contribution in [3.05, 3.63) is 102 Å². The van der Waals surface area contributed by atoms with Crippen molar-refractivity contribution in [1.82, 2.24) is 9.97 Å². The van der Waals surface area contributed by atoms with Gasteiger partial charge in [0.1, 0.15) is 5.82 Å². The van der Waals surface area contributed by atoms with Crippen molar-refractivity contribution >= 4 is 35.4 Å². The molecule has 9 nitrogen and oxygen atoms in total. The predicted octanol–water partition coefficient (Wildman–Crippen LogP) is 3.87. The van der Waals surface area contributed by atoms with Crippen LogP contribution in [0.3, 0.4) is 0 Å². The van der Waals surface area contributed by atoms with Crippen molar-refractivity contribution < 1.29 is 14.5 Å². The van der Waals surface area contributed by atoms with E-state index < -0.39 is 22.4 Å². The largest absolute Gasteiger partial charge is 0.463 e. The maximum Gasteiger partial charge on any atom is 0.337 e. The summed E-state index contributed by atoms with van der Waals surface area (Å²) in [4.78, 5) is 42.2. The van der Waals surface area contributed by atoms with E-state index in [2.05, 4.69) is 15.3 Å². The van der Waals surface area contributed by atoms with Gasteiger partial charge in [0, 0.05) is 12.1 Å². The summed E-state index contributed by atoms with van der Waals surface area (Å²) in [6.07, 6.45) is 0. The lowest BCUT2D eigenvalue weighted by Crippen LogP contribution is -2.31. The molecule has 0 fully saturated rings. The molecule has 4 rings (SSSR count). The first-order valence-corrected chi connectivity index (χ1v) is 10.2. The Hall–Kier alpha value is -4.05. The number of ether oxygens (including phenoxy) is 1. The molecule has 0 aliphatic carbocycles. The van der Waals surface area contributed by atoms with Crippen LogP contribution in [0.2, 0.25) is 0 Å². The molecule has 1 aromatic heterocycles. The highest BCUT2D eigenvalue weighted by Crippen LogP contribution is 2.42. The quantitative estimate of drug-likeness (QED) is 0.233. The molecule has 10 heteroatoms. The fraction of sp³-hybridized carbons (Fsp3) is 0.136. The molecular weight excluding hydrogens is 432 g/mol. The van der Waals surface area contributed by atoms with Crippen molar-refractivity contribution in [1.29, 1.82) is 0 Å². The Bertz CT molecular complexity index is 1340. The molecule has 0 spiro atoms. The third-order valence-corrected chi connectivity index (χ3v) is 5.28. The van der Waals surface area contributed by atoms with Crippen molar-refractivity contribution in [2.75, 3.05) is 11.9 Å². The zero-order chi connectivity index (χ0) is 22.8. The first-order valence-electron chi connectivity index (χ1n) is 9.75. The molecule has 1 atom stereocenters. The third-order valence-electron chi connectivity index (χ3n) is 5.07. The molecule has 2 heterocycles. The van der Waals surface area contributed by atoms with E-state index in [9.17, 15) is 19.7 Å². The number of non-ortho nitro benzene ring substituents is 1. The first-order chi connectivity index (χ1) is 15.4. The number of benzene rings is 2. The van der Waals surface area contributed by atoms with Crippen LogP contribution in [0.1, 0.15) is 29.5 Å². The number of nitro benzene ring substituents is 1. The fourth-order valence-electron chi connectivity index (χ4n) is 3.74. The summed E-state index contributed by atoms with van der Waals surface area (Å²) in [6, 6.07) is 14.8. The molecule has 0 unspecified atom stereocenters. The van der Waals surface area contributed by atoms with Crippen LogP contribution >= 0.6 is 12.2 Å². The number of carbonyl (C=O) groups is 1. The molecule has 2 aromatic carbocycles. The summed E-state index contributed by atoms with van der Waals surface area (Å²) in [5, 5.41) is 14.2. The standard InChI is InChI=1S/C22H18N4O5S/c1-2-31-21(28)16-15(12-6-4-3-5-7-12)17-19(24-22(32)25-20(17)27)23-18(16)13-8-10-14(11-9-13)26(29)30/h3-11,15H,2H2,1H3,(H3,23,24,25,27,32)/t15-/m1/s1. The van der Waals surface area contributed by atoms with Crippen LogP contribution in [0.4, 0.5) is 11.5 Å². The number of hydrogen-bond acceptors (Lipinski definition) is 7. The minimum absolute atomic E-state index is 0.0845. The minimum atomic E-state index is -0.757. The maximum absolute atomic E-state index is 13.2. The van der Waals surface area contributed by atoms with Crippen LogP contribution in [-0.2, 0) is 9.53 Å². The lowest BCUT2D eigenvalue weighted by Gasteiger charge is -2.30. The van der Waals surface area contributed by atoms with Gasteiger partial charge in [-0.2, -0.15) is 0 Å². The van der Waals surface area contributed by atoms with E-state index in [1.54, 1.807) is 6.92 Å². The number of H-pyrrole nitrogens is 2. The zero-order valence-electron chi connectivity index (χ0n) is 16.9. The van der Waals surface area contributed by atoms with E-state index >= 15 is 0 Å². The number of aromatic nitrogens is 2. The summed E-state index contributed by atoms with van der Waals surface area (Å²) in [5.74, 6) is -1.02. The van der Waals surface area contributed by atoms with Crippen molar-refractivity contribution in [3.8, 4) is 0 Å².